The van der Waals surface area contributed by atoms with Gasteiger partial charge < -0.3 is 10.1 Å². The van der Waals surface area contributed by atoms with Crippen LogP contribution in [-0.2, 0) is 11.3 Å². The van der Waals surface area contributed by atoms with Gasteiger partial charge in [-0.1, -0.05) is 16.7 Å². The van der Waals surface area contributed by atoms with Crippen molar-refractivity contribution in [2.45, 2.75) is 6.54 Å². The van der Waals surface area contributed by atoms with Crippen LogP contribution in [0.2, 0.25) is 0 Å². The summed E-state index contributed by atoms with van der Waals surface area (Å²) in [5, 5.41) is 13.5. The van der Waals surface area contributed by atoms with Gasteiger partial charge in [0.2, 0.25) is 11.4 Å². The molecule has 0 radical (unpaired) electrons. The fourth-order valence-corrected chi connectivity index (χ4v) is 0.903. The molecule has 13 heavy (non-hydrogen) atoms. The lowest BCUT2D eigenvalue weighted by Crippen LogP contribution is -2.06. The molecule has 1 aromatic rings. The second kappa shape index (κ2) is 3.99. The molecule has 0 aromatic carbocycles. The Bertz CT molecular complexity index is 336. The molecule has 0 spiro atoms. The summed E-state index contributed by atoms with van der Waals surface area (Å²) in [5.74, 6) is -0.492. The molecule has 0 bridgehead atoms. The number of carbonyl (C=O) groups excluding carboxylic acids is 1. The van der Waals surface area contributed by atoms with Crippen molar-refractivity contribution in [3.63, 3.8) is 0 Å². The lowest BCUT2D eigenvalue weighted by Gasteiger charge is -1.90. The minimum Gasteiger partial charge on any atom is -0.390 e. The van der Waals surface area contributed by atoms with Crippen LogP contribution in [0.15, 0.2) is 6.33 Å². The molecule has 8 heteroatoms. The van der Waals surface area contributed by atoms with E-state index < -0.39 is 10.9 Å². The maximum Gasteiger partial charge on any atom is 0.490 e. The Balaban J connectivity index is 2.69. The topological polar surface area (TPSA) is 90.9 Å². The molecular weight excluding hydrogens is 196 g/mol. The highest BCUT2D eigenvalue weighted by atomic mass is 32.2. The van der Waals surface area contributed by atoms with Crippen molar-refractivity contribution in [1.82, 2.24) is 14.8 Å². The standard InChI is InChI=1S/C5H6N4O3S/c1-13-4(10)2-8-3-6-5(7-8)9(11)12/h3H,2H2,1H3. The van der Waals surface area contributed by atoms with E-state index in [0.717, 1.165) is 22.8 Å². The molecule has 0 amide bonds. The first kappa shape index (κ1) is 9.65. The Labute approximate surface area is 77.3 Å². The molecule has 1 rings (SSSR count). The fourth-order valence-electron chi connectivity index (χ4n) is 0.641. The zero-order valence-corrected chi connectivity index (χ0v) is 7.52. The second-order valence-electron chi connectivity index (χ2n) is 2.08. The lowest BCUT2D eigenvalue weighted by atomic mass is 10.7. The normalized spacial score (nSPS) is 9.92. The number of nitrogens with zero attached hydrogens (tertiary/aromatic N) is 4. The summed E-state index contributed by atoms with van der Waals surface area (Å²) in [6.45, 7) is 0.00199. The average molecular weight is 202 g/mol. The first-order chi connectivity index (χ1) is 6.13. The van der Waals surface area contributed by atoms with Crippen LogP contribution in [0.1, 0.15) is 0 Å². The van der Waals surface area contributed by atoms with E-state index in [1.54, 1.807) is 6.26 Å². The Kier molecular flexibility index (Phi) is 2.96. The number of nitro groups is 1. The molecule has 0 saturated carbocycles. The van der Waals surface area contributed by atoms with Crippen molar-refractivity contribution in [3.05, 3.63) is 16.4 Å². The van der Waals surface area contributed by atoms with E-state index in [1.807, 2.05) is 0 Å². The van der Waals surface area contributed by atoms with Crippen molar-refractivity contribution in [1.29, 1.82) is 0 Å². The summed E-state index contributed by atoms with van der Waals surface area (Å²) in [7, 11) is 0. The fraction of sp³-hybridized carbons (Fsp3) is 0.400. The number of hydrogen-bond acceptors (Lipinski definition) is 6. The number of aromatic nitrogens is 3. The quantitative estimate of drug-likeness (QED) is 0.509. The molecule has 0 saturated heterocycles. The molecule has 0 unspecified atom stereocenters. The minimum atomic E-state index is -0.708. The van der Waals surface area contributed by atoms with Gasteiger partial charge in [0.1, 0.15) is 6.54 Å². The second-order valence-corrected chi connectivity index (χ2v) is 2.94. The first-order valence-corrected chi connectivity index (χ1v) is 4.46. The van der Waals surface area contributed by atoms with Crippen molar-refractivity contribution in [3.8, 4) is 0 Å². The third-order valence-corrected chi connectivity index (χ3v) is 1.79. The van der Waals surface area contributed by atoms with Gasteiger partial charge in [0.25, 0.3) is 0 Å². The van der Waals surface area contributed by atoms with Gasteiger partial charge in [0, 0.05) is 5.10 Å². The average Bonchev–Trinajstić information content (AvgIpc) is 2.52. The molecule has 0 fully saturated rings. The van der Waals surface area contributed by atoms with E-state index >= 15 is 0 Å². The van der Waals surface area contributed by atoms with Crippen molar-refractivity contribution >= 4 is 22.8 Å². The van der Waals surface area contributed by atoms with Crippen LogP contribution in [0, 0.1) is 10.1 Å². The maximum atomic E-state index is 10.9. The van der Waals surface area contributed by atoms with Gasteiger partial charge in [-0.3, -0.25) is 4.79 Å². The van der Waals surface area contributed by atoms with E-state index in [0.29, 0.717) is 0 Å². The molecule has 1 aromatic heterocycles. The highest BCUT2D eigenvalue weighted by Gasteiger charge is 2.14. The summed E-state index contributed by atoms with van der Waals surface area (Å²) < 4.78 is 1.14. The van der Waals surface area contributed by atoms with Crippen LogP contribution in [0.25, 0.3) is 0 Å². The molecule has 7 nitrogen and oxygen atoms in total. The highest BCUT2D eigenvalue weighted by molar-refractivity contribution is 8.13. The van der Waals surface area contributed by atoms with Crippen LogP contribution < -0.4 is 0 Å². The van der Waals surface area contributed by atoms with E-state index in [1.165, 1.54) is 0 Å². The molecule has 0 aliphatic rings. The van der Waals surface area contributed by atoms with Crippen molar-refractivity contribution in [2.75, 3.05) is 6.26 Å². The summed E-state index contributed by atoms with van der Waals surface area (Å²) in [6, 6.07) is 0. The molecule has 0 atom stereocenters. The Morgan fingerprint density at radius 2 is 2.54 bits per heavy atom. The summed E-state index contributed by atoms with van der Waals surface area (Å²) >= 11 is 1.04. The van der Waals surface area contributed by atoms with Gasteiger partial charge in [-0.15, -0.1) is 0 Å². The van der Waals surface area contributed by atoms with Crippen LogP contribution in [0.5, 0.6) is 0 Å². The first-order valence-electron chi connectivity index (χ1n) is 3.24. The predicted molar refractivity (Wildman–Crippen MR) is 45.2 cm³/mol. The van der Waals surface area contributed by atoms with Gasteiger partial charge in [-0.05, 0) is 11.2 Å². The number of thioether (sulfide) groups is 1. The summed E-state index contributed by atoms with van der Waals surface area (Å²) in [6.07, 6.45) is 2.79. The SMILES string of the molecule is CSC(=O)Cn1cnc([N+](=O)[O-])n1. The molecule has 0 aliphatic carbocycles. The molecular formula is C5H6N4O3S. The van der Waals surface area contributed by atoms with Crippen molar-refractivity contribution in [2.24, 2.45) is 0 Å². The van der Waals surface area contributed by atoms with Gasteiger partial charge in [0.05, 0.1) is 0 Å². The third kappa shape index (κ3) is 2.51. The largest absolute Gasteiger partial charge is 0.490 e. The lowest BCUT2D eigenvalue weighted by molar-refractivity contribution is -0.394. The monoisotopic (exact) mass is 202 g/mol. The van der Waals surface area contributed by atoms with Crippen LogP contribution >= 0.6 is 11.8 Å². The van der Waals surface area contributed by atoms with Gasteiger partial charge in [-0.2, -0.15) is 4.68 Å². The number of hydrogen-bond donors (Lipinski definition) is 0. The van der Waals surface area contributed by atoms with Crippen LogP contribution in [-0.4, -0.2) is 31.1 Å². The zero-order chi connectivity index (χ0) is 9.84. The third-order valence-electron chi connectivity index (χ3n) is 1.21. The molecule has 0 N–H and O–H groups in total. The van der Waals surface area contributed by atoms with Crippen LogP contribution in [0.4, 0.5) is 5.95 Å². The van der Waals surface area contributed by atoms with E-state index in [9.17, 15) is 14.9 Å². The number of rotatable bonds is 3. The Hall–Kier alpha value is -1.44. The van der Waals surface area contributed by atoms with Gasteiger partial charge >= 0.3 is 5.95 Å². The Morgan fingerprint density at radius 1 is 1.85 bits per heavy atom. The van der Waals surface area contributed by atoms with Gasteiger partial charge in [-0.25, -0.2) is 0 Å². The zero-order valence-electron chi connectivity index (χ0n) is 6.71. The van der Waals surface area contributed by atoms with E-state index in [2.05, 4.69) is 10.1 Å². The minimum absolute atomic E-state index is 0.00199. The number of carbonyl (C=O) groups is 1. The maximum absolute atomic E-state index is 10.9. The van der Waals surface area contributed by atoms with Crippen LogP contribution in [0.3, 0.4) is 0 Å². The van der Waals surface area contributed by atoms with E-state index in [-0.39, 0.29) is 11.7 Å². The summed E-state index contributed by atoms with van der Waals surface area (Å²) in [5.41, 5.74) is 0. The predicted octanol–water partition coefficient (Wildman–Crippen LogP) is 0.0759. The Morgan fingerprint density at radius 3 is 3.00 bits per heavy atom. The van der Waals surface area contributed by atoms with Gasteiger partial charge in [0.15, 0.2) is 0 Å². The molecule has 1 heterocycles. The summed E-state index contributed by atoms with van der Waals surface area (Å²) in [4.78, 5) is 23.7. The molecule has 0 aliphatic heterocycles. The smallest absolute Gasteiger partial charge is 0.390 e. The highest BCUT2D eigenvalue weighted by Crippen LogP contribution is 2.02. The molecule has 70 valence electrons. The van der Waals surface area contributed by atoms with E-state index in [4.69, 9.17) is 0 Å². The van der Waals surface area contributed by atoms with Crippen molar-refractivity contribution < 1.29 is 9.72 Å².